The summed E-state index contributed by atoms with van der Waals surface area (Å²) >= 11 is 0. The maximum Gasteiger partial charge on any atom is 0.269 e. The molecule has 7 nitrogen and oxygen atoms in total. The standard InChI is InChI=1S/C10H15N3O4S/c1-8(6-7-11)12-18(16,17)10-4-2-9(3-5-10)13(14)15/h2-5,8,12H,6-7,11H2,1H3. The van der Waals surface area contributed by atoms with Gasteiger partial charge in [0.15, 0.2) is 0 Å². The van der Waals surface area contributed by atoms with E-state index >= 15 is 0 Å². The Morgan fingerprint density at radius 1 is 1.39 bits per heavy atom. The lowest BCUT2D eigenvalue weighted by atomic mass is 10.3. The Kier molecular flexibility index (Phi) is 4.76. The molecule has 1 aromatic carbocycles. The number of sulfonamides is 1. The average Bonchev–Trinajstić information content (AvgIpc) is 2.28. The molecule has 0 aromatic heterocycles. The lowest BCUT2D eigenvalue weighted by Gasteiger charge is -2.12. The van der Waals surface area contributed by atoms with Crippen molar-refractivity contribution in [1.82, 2.24) is 4.72 Å². The Labute approximate surface area is 105 Å². The zero-order valence-corrected chi connectivity index (χ0v) is 10.7. The van der Waals surface area contributed by atoms with Crippen molar-refractivity contribution in [3.8, 4) is 0 Å². The number of nitro groups is 1. The number of rotatable bonds is 6. The molecular formula is C10H15N3O4S. The van der Waals surface area contributed by atoms with E-state index in [-0.39, 0.29) is 16.6 Å². The van der Waals surface area contributed by atoms with Crippen LogP contribution in [0.5, 0.6) is 0 Å². The minimum absolute atomic E-state index is 0.00280. The summed E-state index contributed by atoms with van der Waals surface area (Å²) in [6, 6.07) is 4.44. The van der Waals surface area contributed by atoms with E-state index < -0.39 is 14.9 Å². The molecule has 1 atom stereocenters. The van der Waals surface area contributed by atoms with E-state index in [1.807, 2.05) is 0 Å². The second-order valence-corrected chi connectivity index (χ2v) is 5.56. The Morgan fingerprint density at radius 3 is 2.39 bits per heavy atom. The normalized spacial score (nSPS) is 13.2. The molecular weight excluding hydrogens is 258 g/mol. The number of non-ortho nitro benzene ring substituents is 1. The Hall–Kier alpha value is -1.51. The molecule has 0 saturated carbocycles. The van der Waals surface area contributed by atoms with Crippen molar-refractivity contribution >= 4 is 15.7 Å². The van der Waals surface area contributed by atoms with E-state index in [0.717, 1.165) is 12.1 Å². The lowest BCUT2D eigenvalue weighted by Crippen LogP contribution is -2.34. The fraction of sp³-hybridized carbons (Fsp3) is 0.400. The summed E-state index contributed by atoms with van der Waals surface area (Å²) in [7, 11) is -3.65. The molecule has 8 heteroatoms. The average molecular weight is 273 g/mol. The molecule has 0 spiro atoms. The molecule has 0 aliphatic heterocycles. The molecule has 0 bridgehead atoms. The fourth-order valence-electron chi connectivity index (χ4n) is 1.39. The summed E-state index contributed by atoms with van der Waals surface area (Å²) in [5.74, 6) is 0. The van der Waals surface area contributed by atoms with E-state index in [9.17, 15) is 18.5 Å². The quantitative estimate of drug-likeness (QED) is 0.582. The highest BCUT2D eigenvalue weighted by molar-refractivity contribution is 7.89. The molecule has 1 aromatic rings. The van der Waals surface area contributed by atoms with Gasteiger partial charge in [0.05, 0.1) is 9.82 Å². The van der Waals surface area contributed by atoms with Gasteiger partial charge in [0.1, 0.15) is 0 Å². The maximum absolute atomic E-state index is 11.9. The van der Waals surface area contributed by atoms with Crippen LogP contribution in [0, 0.1) is 10.1 Å². The summed E-state index contributed by atoms with van der Waals surface area (Å²) in [6.07, 6.45) is 0.520. The number of benzene rings is 1. The molecule has 0 aliphatic rings. The number of nitro benzene ring substituents is 1. The van der Waals surface area contributed by atoms with Crippen LogP contribution in [0.15, 0.2) is 29.2 Å². The van der Waals surface area contributed by atoms with E-state index in [1.54, 1.807) is 6.92 Å². The summed E-state index contributed by atoms with van der Waals surface area (Å²) in [5, 5.41) is 10.5. The molecule has 0 heterocycles. The molecule has 0 radical (unpaired) electrons. The summed E-state index contributed by atoms with van der Waals surface area (Å²) in [5.41, 5.74) is 5.18. The SMILES string of the molecule is CC(CCN)NS(=O)(=O)c1ccc([N+](=O)[O-])cc1. The molecule has 3 N–H and O–H groups in total. The first-order valence-corrected chi connectivity index (χ1v) is 6.82. The minimum atomic E-state index is -3.65. The molecule has 0 amide bonds. The van der Waals surface area contributed by atoms with Gasteiger partial charge in [-0.1, -0.05) is 0 Å². The summed E-state index contributed by atoms with van der Waals surface area (Å²) in [6.45, 7) is 2.08. The highest BCUT2D eigenvalue weighted by Gasteiger charge is 2.17. The topological polar surface area (TPSA) is 115 Å². The second kappa shape index (κ2) is 5.89. The van der Waals surface area contributed by atoms with Gasteiger partial charge in [0.2, 0.25) is 10.0 Å². The highest BCUT2D eigenvalue weighted by atomic mass is 32.2. The molecule has 0 saturated heterocycles. The van der Waals surface area contributed by atoms with Gasteiger partial charge in [0.25, 0.3) is 5.69 Å². The lowest BCUT2D eigenvalue weighted by molar-refractivity contribution is -0.384. The molecule has 1 unspecified atom stereocenters. The van der Waals surface area contributed by atoms with Crippen LogP contribution in [0.25, 0.3) is 0 Å². The van der Waals surface area contributed by atoms with Crippen LogP contribution in [0.4, 0.5) is 5.69 Å². The predicted octanol–water partition coefficient (Wildman–Crippen LogP) is 0.610. The van der Waals surface area contributed by atoms with Gasteiger partial charge >= 0.3 is 0 Å². The largest absolute Gasteiger partial charge is 0.330 e. The third kappa shape index (κ3) is 3.76. The van der Waals surface area contributed by atoms with Crippen molar-refractivity contribution in [2.24, 2.45) is 5.73 Å². The van der Waals surface area contributed by atoms with E-state index in [1.165, 1.54) is 12.1 Å². The number of hydrogen-bond acceptors (Lipinski definition) is 5. The van der Waals surface area contributed by atoms with Gasteiger partial charge in [-0.25, -0.2) is 13.1 Å². The monoisotopic (exact) mass is 273 g/mol. The zero-order valence-electron chi connectivity index (χ0n) is 9.87. The number of hydrogen-bond donors (Lipinski definition) is 2. The third-order valence-electron chi connectivity index (χ3n) is 2.31. The Bertz CT molecular complexity index is 512. The third-order valence-corrected chi connectivity index (χ3v) is 3.92. The van der Waals surface area contributed by atoms with Crippen molar-refractivity contribution in [3.05, 3.63) is 34.4 Å². The number of nitrogens with two attached hydrogens (primary N) is 1. The van der Waals surface area contributed by atoms with Crippen LogP contribution in [0.1, 0.15) is 13.3 Å². The predicted molar refractivity (Wildman–Crippen MR) is 66.6 cm³/mol. The van der Waals surface area contributed by atoms with Crippen LogP contribution in [0.3, 0.4) is 0 Å². The van der Waals surface area contributed by atoms with Crippen LogP contribution < -0.4 is 10.5 Å². The summed E-state index contributed by atoms with van der Waals surface area (Å²) < 4.78 is 26.2. The van der Waals surface area contributed by atoms with Gasteiger partial charge < -0.3 is 5.73 Å². The molecule has 100 valence electrons. The van der Waals surface area contributed by atoms with Crippen molar-refractivity contribution in [2.75, 3.05) is 6.54 Å². The highest BCUT2D eigenvalue weighted by Crippen LogP contribution is 2.16. The van der Waals surface area contributed by atoms with Crippen molar-refractivity contribution in [3.63, 3.8) is 0 Å². The van der Waals surface area contributed by atoms with Gasteiger partial charge in [-0.15, -0.1) is 0 Å². The Morgan fingerprint density at radius 2 is 1.94 bits per heavy atom. The van der Waals surface area contributed by atoms with Crippen molar-refractivity contribution in [1.29, 1.82) is 0 Å². The molecule has 18 heavy (non-hydrogen) atoms. The van der Waals surface area contributed by atoms with Crippen LogP contribution in [-0.2, 0) is 10.0 Å². The second-order valence-electron chi connectivity index (χ2n) is 3.85. The molecule has 0 fully saturated rings. The summed E-state index contributed by atoms with van der Waals surface area (Å²) in [4.78, 5) is 9.87. The number of nitrogens with zero attached hydrogens (tertiary/aromatic N) is 1. The fourth-order valence-corrected chi connectivity index (χ4v) is 2.67. The maximum atomic E-state index is 11.9. The first-order chi connectivity index (χ1) is 8.36. The van der Waals surface area contributed by atoms with Crippen LogP contribution >= 0.6 is 0 Å². The van der Waals surface area contributed by atoms with E-state index in [0.29, 0.717) is 13.0 Å². The van der Waals surface area contributed by atoms with Gasteiger partial charge in [-0.2, -0.15) is 0 Å². The van der Waals surface area contributed by atoms with Crippen LogP contribution in [-0.4, -0.2) is 25.9 Å². The first-order valence-electron chi connectivity index (χ1n) is 5.33. The van der Waals surface area contributed by atoms with Crippen molar-refractivity contribution < 1.29 is 13.3 Å². The number of nitrogens with one attached hydrogen (secondary N) is 1. The van der Waals surface area contributed by atoms with Gasteiger partial charge in [0, 0.05) is 18.2 Å². The van der Waals surface area contributed by atoms with Gasteiger partial charge in [-0.05, 0) is 32.0 Å². The smallest absolute Gasteiger partial charge is 0.269 e. The van der Waals surface area contributed by atoms with E-state index in [4.69, 9.17) is 5.73 Å². The zero-order chi connectivity index (χ0) is 13.8. The Balaban J connectivity index is 2.88. The molecule has 1 rings (SSSR count). The minimum Gasteiger partial charge on any atom is -0.330 e. The van der Waals surface area contributed by atoms with Crippen molar-refractivity contribution in [2.45, 2.75) is 24.3 Å². The first kappa shape index (κ1) is 14.6. The molecule has 0 aliphatic carbocycles. The van der Waals surface area contributed by atoms with E-state index in [2.05, 4.69) is 4.72 Å². The van der Waals surface area contributed by atoms with Gasteiger partial charge in [-0.3, -0.25) is 10.1 Å². The van der Waals surface area contributed by atoms with Crippen LogP contribution in [0.2, 0.25) is 0 Å².